The summed E-state index contributed by atoms with van der Waals surface area (Å²) in [7, 11) is 0. The third-order valence-electron chi connectivity index (χ3n) is 1.24. The minimum atomic E-state index is -0.236. The highest BCUT2D eigenvalue weighted by atomic mass is 17.2. The van der Waals surface area contributed by atoms with Crippen molar-refractivity contribution < 1.29 is 9.78 Å². The van der Waals surface area contributed by atoms with Gasteiger partial charge in [0.1, 0.15) is 0 Å². The molecule has 44 valence electrons. The van der Waals surface area contributed by atoms with Crippen LogP contribution in [0.4, 0.5) is 0 Å². The Morgan fingerprint density at radius 3 is 2.75 bits per heavy atom. The summed E-state index contributed by atoms with van der Waals surface area (Å²) in [5.74, 6) is 0. The Labute approximate surface area is 46.4 Å². The molecule has 2 aliphatic heterocycles. The molecule has 2 rings (SSSR count). The molecule has 0 radical (unpaired) electrons. The molecule has 4 nitrogen and oxygen atoms in total. The fraction of sp³-hybridized carbons (Fsp3) is 0.750. The summed E-state index contributed by atoms with van der Waals surface area (Å²) in [6.45, 7) is 1.90. The molecule has 2 heterocycles. The number of hydrogen-bond acceptors (Lipinski definition) is 4. The summed E-state index contributed by atoms with van der Waals surface area (Å²) in [5.41, 5.74) is 0.959. The molecule has 1 N–H and O–H groups in total. The van der Waals surface area contributed by atoms with Crippen LogP contribution in [0.3, 0.4) is 0 Å². The lowest BCUT2D eigenvalue weighted by Gasteiger charge is -2.03. The number of nitrogens with zero attached hydrogens (tertiary/aromatic N) is 1. The van der Waals surface area contributed by atoms with E-state index in [1.165, 1.54) is 0 Å². The van der Waals surface area contributed by atoms with Crippen molar-refractivity contribution in [2.75, 3.05) is 0 Å². The molecule has 1 saturated heterocycles. The third-order valence-corrected chi connectivity index (χ3v) is 1.24. The fourth-order valence-corrected chi connectivity index (χ4v) is 0.795. The van der Waals surface area contributed by atoms with Crippen molar-refractivity contribution in [1.29, 1.82) is 0 Å². The van der Waals surface area contributed by atoms with Gasteiger partial charge in [0.15, 0.2) is 6.23 Å². The molecular formula is C4H6N2O2. The lowest BCUT2D eigenvalue weighted by atomic mass is 10.4. The number of nitrogens with one attached hydrogen (secondary N) is 1. The van der Waals surface area contributed by atoms with Crippen LogP contribution >= 0.6 is 0 Å². The van der Waals surface area contributed by atoms with E-state index < -0.39 is 0 Å². The monoisotopic (exact) mass is 114 g/mol. The zero-order valence-corrected chi connectivity index (χ0v) is 4.42. The zero-order valence-electron chi connectivity index (χ0n) is 4.42. The van der Waals surface area contributed by atoms with Crippen LogP contribution < -0.4 is 5.32 Å². The van der Waals surface area contributed by atoms with Gasteiger partial charge < -0.3 is 0 Å². The lowest BCUT2D eigenvalue weighted by molar-refractivity contribution is -0.290. The third kappa shape index (κ3) is 0.419. The van der Waals surface area contributed by atoms with Gasteiger partial charge in [0.05, 0.1) is 5.71 Å². The van der Waals surface area contributed by atoms with E-state index in [0.717, 1.165) is 5.71 Å². The quantitative estimate of drug-likeness (QED) is 0.436. The Hall–Kier alpha value is -0.450. The maximum Gasteiger partial charge on any atom is 0.239 e. The second kappa shape index (κ2) is 1.28. The van der Waals surface area contributed by atoms with Gasteiger partial charge in [-0.1, -0.05) is 0 Å². The summed E-state index contributed by atoms with van der Waals surface area (Å²) in [6, 6.07) is 0. The van der Waals surface area contributed by atoms with Crippen LogP contribution in [0.5, 0.6) is 0 Å². The van der Waals surface area contributed by atoms with Gasteiger partial charge in [0, 0.05) is 0 Å². The Morgan fingerprint density at radius 2 is 2.50 bits per heavy atom. The number of hydrogen-bond donors (Lipinski definition) is 1. The van der Waals surface area contributed by atoms with Gasteiger partial charge in [0.2, 0.25) is 6.35 Å². The summed E-state index contributed by atoms with van der Waals surface area (Å²) < 4.78 is 0. The molecule has 0 amide bonds. The summed E-state index contributed by atoms with van der Waals surface area (Å²) >= 11 is 0. The molecule has 2 bridgehead atoms. The SMILES string of the molecule is CC1=NC2NC1OO2. The Morgan fingerprint density at radius 1 is 1.62 bits per heavy atom. The van der Waals surface area contributed by atoms with Gasteiger partial charge >= 0.3 is 0 Å². The molecular weight excluding hydrogens is 108 g/mol. The van der Waals surface area contributed by atoms with E-state index in [4.69, 9.17) is 4.89 Å². The van der Waals surface area contributed by atoms with E-state index in [2.05, 4.69) is 15.2 Å². The first-order chi connectivity index (χ1) is 3.86. The Bertz CT molecular complexity index is 145. The largest absolute Gasteiger partial charge is 0.242 e. The average Bonchev–Trinajstić information content (AvgIpc) is 2.23. The molecule has 0 spiro atoms. The van der Waals surface area contributed by atoms with Gasteiger partial charge in [-0.2, -0.15) is 4.89 Å². The molecule has 1 fully saturated rings. The van der Waals surface area contributed by atoms with Gasteiger partial charge in [-0.25, -0.2) is 15.2 Å². The highest BCUT2D eigenvalue weighted by Crippen LogP contribution is 2.14. The Balaban J connectivity index is 2.29. The molecule has 0 aliphatic carbocycles. The van der Waals surface area contributed by atoms with Crippen molar-refractivity contribution in [3.05, 3.63) is 0 Å². The minimum Gasteiger partial charge on any atom is -0.242 e. The highest BCUT2D eigenvalue weighted by Gasteiger charge is 2.34. The first kappa shape index (κ1) is 4.43. The van der Waals surface area contributed by atoms with Crippen LogP contribution in [-0.4, -0.2) is 18.3 Å². The van der Waals surface area contributed by atoms with Crippen LogP contribution in [-0.2, 0) is 9.78 Å². The first-order valence-corrected chi connectivity index (χ1v) is 2.49. The van der Waals surface area contributed by atoms with Crippen molar-refractivity contribution >= 4 is 5.71 Å². The van der Waals surface area contributed by atoms with Crippen LogP contribution in [0.15, 0.2) is 4.99 Å². The number of fused-ring (bicyclic) bond motifs is 2. The predicted molar refractivity (Wildman–Crippen MR) is 26.0 cm³/mol. The van der Waals surface area contributed by atoms with Crippen molar-refractivity contribution in [2.45, 2.75) is 19.5 Å². The van der Waals surface area contributed by atoms with Crippen LogP contribution in [0.25, 0.3) is 0 Å². The maximum absolute atomic E-state index is 4.72. The van der Waals surface area contributed by atoms with Crippen molar-refractivity contribution in [2.24, 2.45) is 4.99 Å². The smallest absolute Gasteiger partial charge is 0.239 e. The van der Waals surface area contributed by atoms with Gasteiger partial charge in [-0.05, 0) is 6.92 Å². The second-order valence-corrected chi connectivity index (χ2v) is 1.86. The first-order valence-electron chi connectivity index (χ1n) is 2.49. The van der Waals surface area contributed by atoms with Crippen molar-refractivity contribution in [3.63, 3.8) is 0 Å². The molecule has 0 aromatic heterocycles. The zero-order chi connectivity index (χ0) is 5.56. The van der Waals surface area contributed by atoms with E-state index in [-0.39, 0.29) is 12.6 Å². The van der Waals surface area contributed by atoms with E-state index in [1.54, 1.807) is 0 Å². The van der Waals surface area contributed by atoms with Crippen molar-refractivity contribution in [3.8, 4) is 0 Å². The molecule has 2 unspecified atom stereocenters. The average molecular weight is 114 g/mol. The minimum absolute atomic E-state index is 0.0833. The van der Waals surface area contributed by atoms with Crippen LogP contribution in [0, 0.1) is 0 Å². The normalized spacial score (nSPS) is 42.9. The van der Waals surface area contributed by atoms with Crippen LogP contribution in [0.1, 0.15) is 6.92 Å². The van der Waals surface area contributed by atoms with E-state index in [1.807, 2.05) is 6.92 Å². The topological polar surface area (TPSA) is 42.9 Å². The van der Waals surface area contributed by atoms with Gasteiger partial charge in [-0.3, -0.25) is 0 Å². The molecule has 8 heavy (non-hydrogen) atoms. The maximum atomic E-state index is 4.72. The molecule has 0 aromatic carbocycles. The summed E-state index contributed by atoms with van der Waals surface area (Å²) in [4.78, 5) is 13.4. The van der Waals surface area contributed by atoms with Crippen molar-refractivity contribution in [1.82, 2.24) is 5.32 Å². The molecule has 4 heteroatoms. The highest BCUT2D eigenvalue weighted by molar-refractivity contribution is 5.87. The fourth-order valence-electron chi connectivity index (χ4n) is 0.795. The molecule has 2 atom stereocenters. The van der Waals surface area contributed by atoms with E-state index in [9.17, 15) is 0 Å². The van der Waals surface area contributed by atoms with Gasteiger partial charge in [-0.15, -0.1) is 0 Å². The lowest BCUT2D eigenvalue weighted by Crippen LogP contribution is -2.25. The Kier molecular flexibility index (Phi) is 0.709. The number of aliphatic imine (C=N–C) groups is 1. The van der Waals surface area contributed by atoms with Gasteiger partial charge in [0.25, 0.3) is 0 Å². The molecule has 2 aliphatic rings. The van der Waals surface area contributed by atoms with E-state index >= 15 is 0 Å². The predicted octanol–water partition coefficient (Wildman–Crippen LogP) is -0.378. The molecule has 0 saturated carbocycles. The summed E-state index contributed by atoms with van der Waals surface area (Å²) in [6.07, 6.45) is -0.319. The van der Waals surface area contributed by atoms with Crippen LogP contribution in [0.2, 0.25) is 0 Å². The molecule has 0 aromatic rings. The summed E-state index contributed by atoms with van der Waals surface area (Å²) in [5, 5.41) is 2.93. The number of rotatable bonds is 0. The second-order valence-electron chi connectivity index (χ2n) is 1.86. The standard InChI is InChI=1S/C4H6N2O2/c1-2-3-6-4(5-2)8-7-3/h3-4,6H,1H3. The van der Waals surface area contributed by atoms with E-state index in [0.29, 0.717) is 0 Å².